The van der Waals surface area contributed by atoms with Gasteiger partial charge in [0.05, 0.1) is 0 Å². The fourth-order valence-corrected chi connectivity index (χ4v) is 4.30. The Morgan fingerprint density at radius 3 is 2.68 bits per heavy atom. The number of hydrogen-bond acceptors (Lipinski definition) is 2. The van der Waals surface area contributed by atoms with Gasteiger partial charge in [0.25, 0.3) is 0 Å². The molecule has 2 rings (SSSR count). The van der Waals surface area contributed by atoms with Crippen LogP contribution in [-0.2, 0) is 0 Å². The van der Waals surface area contributed by atoms with E-state index < -0.39 is 0 Å². The van der Waals surface area contributed by atoms with Gasteiger partial charge in [-0.05, 0) is 50.1 Å². The molecule has 1 unspecified atom stereocenters. The molecule has 1 aliphatic carbocycles. The van der Waals surface area contributed by atoms with Gasteiger partial charge in [0.15, 0.2) is 0 Å². The van der Waals surface area contributed by atoms with Gasteiger partial charge in [-0.1, -0.05) is 25.3 Å². The zero-order valence-corrected chi connectivity index (χ0v) is 12.7. The van der Waals surface area contributed by atoms with Gasteiger partial charge >= 0.3 is 0 Å². The topological polar surface area (TPSA) is 12.0 Å². The lowest BCUT2D eigenvalue weighted by atomic mass is 10.0. The van der Waals surface area contributed by atoms with E-state index >= 15 is 0 Å². The monoisotopic (exact) mass is 281 g/mol. The van der Waals surface area contributed by atoms with E-state index in [1.807, 2.05) is 20.0 Å². The number of nitrogens with one attached hydrogen (secondary N) is 1. The summed E-state index contributed by atoms with van der Waals surface area (Å²) in [6, 6.07) is 5.45. The maximum atomic E-state index is 13.2. The molecule has 3 heteroatoms. The minimum Gasteiger partial charge on any atom is -0.312 e. The number of benzene rings is 1. The Labute approximate surface area is 120 Å². The predicted octanol–water partition coefficient (Wildman–Crippen LogP) is 4.46. The van der Waals surface area contributed by atoms with Crippen molar-refractivity contribution >= 4 is 11.8 Å². The van der Waals surface area contributed by atoms with E-state index in [1.54, 1.807) is 12.1 Å². The third kappa shape index (κ3) is 4.22. The van der Waals surface area contributed by atoms with Crippen LogP contribution in [0.25, 0.3) is 0 Å². The van der Waals surface area contributed by atoms with Gasteiger partial charge in [0, 0.05) is 17.0 Å². The van der Waals surface area contributed by atoms with Gasteiger partial charge in [-0.25, -0.2) is 4.39 Å². The van der Waals surface area contributed by atoms with Gasteiger partial charge in [-0.3, -0.25) is 0 Å². The molecule has 1 aromatic rings. The quantitative estimate of drug-likeness (QED) is 0.855. The molecule has 1 saturated carbocycles. The maximum Gasteiger partial charge on any atom is 0.123 e. The Balaban J connectivity index is 1.95. The molecular formula is C16H24FNS. The molecule has 0 aliphatic heterocycles. The average molecular weight is 281 g/mol. The van der Waals surface area contributed by atoms with E-state index in [0.29, 0.717) is 6.04 Å². The summed E-state index contributed by atoms with van der Waals surface area (Å²) >= 11 is 2.08. The van der Waals surface area contributed by atoms with Crippen molar-refractivity contribution in [1.29, 1.82) is 0 Å². The molecule has 0 aromatic heterocycles. The van der Waals surface area contributed by atoms with Crippen LogP contribution in [0, 0.1) is 12.7 Å². The number of halogens is 1. The molecule has 1 atom stereocenters. The molecule has 1 aliphatic rings. The van der Waals surface area contributed by atoms with Gasteiger partial charge in [0.2, 0.25) is 0 Å². The molecule has 0 spiro atoms. The second kappa shape index (κ2) is 7.30. The van der Waals surface area contributed by atoms with Crippen LogP contribution in [0.3, 0.4) is 0 Å². The van der Waals surface area contributed by atoms with Crippen LogP contribution in [0.4, 0.5) is 4.39 Å². The second-order valence-electron chi connectivity index (χ2n) is 5.44. The highest BCUT2D eigenvalue weighted by molar-refractivity contribution is 7.99. The van der Waals surface area contributed by atoms with E-state index in [2.05, 4.69) is 17.1 Å². The van der Waals surface area contributed by atoms with Crippen LogP contribution in [-0.4, -0.2) is 18.1 Å². The fraction of sp³-hybridized carbons (Fsp3) is 0.625. The van der Waals surface area contributed by atoms with Crippen molar-refractivity contribution in [3.63, 3.8) is 0 Å². The zero-order valence-electron chi connectivity index (χ0n) is 11.9. The predicted molar refractivity (Wildman–Crippen MR) is 82.3 cm³/mol. The van der Waals surface area contributed by atoms with Crippen LogP contribution < -0.4 is 5.32 Å². The molecule has 0 heterocycles. The highest BCUT2D eigenvalue weighted by Crippen LogP contribution is 2.31. The van der Waals surface area contributed by atoms with E-state index in [0.717, 1.165) is 16.6 Å². The van der Waals surface area contributed by atoms with E-state index in [9.17, 15) is 4.39 Å². The third-order valence-electron chi connectivity index (χ3n) is 4.01. The summed E-state index contributed by atoms with van der Waals surface area (Å²) in [5, 5.41) is 4.20. The summed E-state index contributed by atoms with van der Waals surface area (Å²) in [6.45, 7) is 1.99. The van der Waals surface area contributed by atoms with Crippen molar-refractivity contribution in [3.8, 4) is 0 Å². The third-order valence-corrected chi connectivity index (χ3v) is 5.48. The largest absolute Gasteiger partial charge is 0.312 e. The fourth-order valence-electron chi connectivity index (χ4n) is 2.82. The maximum absolute atomic E-state index is 13.2. The lowest BCUT2D eigenvalue weighted by Gasteiger charge is -2.24. The van der Waals surface area contributed by atoms with Crippen LogP contribution in [0.2, 0.25) is 0 Å². The molecule has 19 heavy (non-hydrogen) atoms. The molecule has 1 nitrogen and oxygen atoms in total. The number of rotatable bonds is 5. The van der Waals surface area contributed by atoms with Crippen LogP contribution in [0.1, 0.15) is 49.3 Å². The van der Waals surface area contributed by atoms with E-state index in [-0.39, 0.29) is 5.82 Å². The van der Waals surface area contributed by atoms with Crippen LogP contribution in [0.15, 0.2) is 18.2 Å². The SMILES string of the molecule is CNC(CSC1CCCCC1)c1ccc(F)cc1C. The van der Waals surface area contributed by atoms with Gasteiger partial charge < -0.3 is 5.32 Å². The van der Waals surface area contributed by atoms with Crippen molar-refractivity contribution in [2.45, 2.75) is 50.3 Å². The first kappa shape index (κ1) is 14.9. The van der Waals surface area contributed by atoms with Crippen molar-refractivity contribution in [3.05, 3.63) is 35.1 Å². The van der Waals surface area contributed by atoms with Crippen LogP contribution in [0.5, 0.6) is 0 Å². The smallest absolute Gasteiger partial charge is 0.123 e. The summed E-state index contributed by atoms with van der Waals surface area (Å²) in [4.78, 5) is 0. The minimum atomic E-state index is -0.143. The Bertz CT molecular complexity index is 402. The summed E-state index contributed by atoms with van der Waals surface area (Å²) in [5.74, 6) is 0.934. The van der Waals surface area contributed by atoms with Gasteiger partial charge in [-0.15, -0.1) is 0 Å². The number of thioether (sulfide) groups is 1. The summed E-state index contributed by atoms with van der Waals surface area (Å²) in [5.41, 5.74) is 2.27. The minimum absolute atomic E-state index is 0.143. The Morgan fingerprint density at radius 1 is 1.32 bits per heavy atom. The summed E-state index contributed by atoms with van der Waals surface area (Å²) in [6.07, 6.45) is 6.91. The normalized spacial score (nSPS) is 18.5. The first-order valence-electron chi connectivity index (χ1n) is 7.25. The summed E-state index contributed by atoms with van der Waals surface area (Å²) in [7, 11) is 1.99. The zero-order chi connectivity index (χ0) is 13.7. The highest BCUT2D eigenvalue weighted by Gasteiger charge is 2.18. The average Bonchev–Trinajstić information content (AvgIpc) is 2.42. The lowest BCUT2D eigenvalue weighted by Crippen LogP contribution is -2.21. The molecular weight excluding hydrogens is 257 g/mol. The first-order chi connectivity index (χ1) is 9.20. The molecule has 1 aromatic carbocycles. The Hall–Kier alpha value is -0.540. The molecule has 0 amide bonds. The van der Waals surface area contributed by atoms with Crippen molar-refractivity contribution in [2.24, 2.45) is 0 Å². The molecule has 1 fully saturated rings. The molecule has 106 valence electrons. The molecule has 0 radical (unpaired) electrons. The molecule has 0 bridgehead atoms. The molecule has 1 N–H and O–H groups in total. The Kier molecular flexibility index (Phi) is 5.71. The highest BCUT2D eigenvalue weighted by atomic mass is 32.2. The number of aryl methyl sites for hydroxylation is 1. The van der Waals surface area contributed by atoms with Gasteiger partial charge in [-0.2, -0.15) is 11.8 Å². The van der Waals surface area contributed by atoms with E-state index in [4.69, 9.17) is 0 Å². The standard InChI is InChI=1S/C16H24FNS/c1-12-10-13(17)8-9-15(12)16(18-2)11-19-14-6-4-3-5-7-14/h8-10,14,16,18H,3-7,11H2,1-2H3. The van der Waals surface area contributed by atoms with Crippen molar-refractivity contribution in [2.75, 3.05) is 12.8 Å². The molecule has 0 saturated heterocycles. The van der Waals surface area contributed by atoms with E-state index in [1.165, 1.54) is 37.7 Å². The lowest BCUT2D eigenvalue weighted by molar-refractivity contribution is 0.514. The first-order valence-corrected chi connectivity index (χ1v) is 8.30. The van der Waals surface area contributed by atoms with Crippen molar-refractivity contribution < 1.29 is 4.39 Å². The van der Waals surface area contributed by atoms with Crippen molar-refractivity contribution in [1.82, 2.24) is 5.32 Å². The van der Waals surface area contributed by atoms with Crippen LogP contribution >= 0.6 is 11.8 Å². The van der Waals surface area contributed by atoms with Gasteiger partial charge in [0.1, 0.15) is 5.82 Å². The second-order valence-corrected chi connectivity index (χ2v) is 6.77. The summed E-state index contributed by atoms with van der Waals surface area (Å²) < 4.78 is 13.2. The Morgan fingerprint density at radius 2 is 2.05 bits per heavy atom. The number of hydrogen-bond donors (Lipinski definition) is 1.